The second-order valence-electron chi connectivity index (χ2n) is 3.63. The Morgan fingerprint density at radius 1 is 1.50 bits per heavy atom. The van der Waals surface area contributed by atoms with Crippen LogP contribution < -0.4 is 11.3 Å². The first kappa shape index (κ1) is 9.43. The molecule has 0 fully saturated rings. The van der Waals surface area contributed by atoms with E-state index in [1.54, 1.807) is 0 Å². The van der Waals surface area contributed by atoms with E-state index in [0.29, 0.717) is 6.42 Å². The predicted octanol–water partition coefficient (Wildman–Crippen LogP) is 0.803. The van der Waals surface area contributed by atoms with Crippen LogP contribution in [0.1, 0.15) is 33.6 Å². The summed E-state index contributed by atoms with van der Waals surface area (Å²) in [5.41, 5.74) is 2.31. The lowest BCUT2D eigenvalue weighted by Crippen LogP contribution is -2.30. The van der Waals surface area contributed by atoms with E-state index in [1.165, 1.54) is 0 Å². The Bertz CT molecular complexity index is 115. The minimum absolute atomic E-state index is 0.0880. The fraction of sp³-hybridized carbons (Fsp3) is 0.857. The van der Waals surface area contributed by atoms with Crippen molar-refractivity contribution in [2.75, 3.05) is 0 Å². The normalized spacial score (nSPS) is 11.2. The van der Waals surface area contributed by atoms with Gasteiger partial charge in [-0.05, 0) is 11.8 Å². The molecular formula is C7H16N2O. The van der Waals surface area contributed by atoms with E-state index in [-0.39, 0.29) is 11.3 Å². The molecule has 0 atom stereocenters. The van der Waals surface area contributed by atoms with Crippen molar-refractivity contribution in [1.29, 1.82) is 0 Å². The third kappa shape index (κ3) is 5.56. The molecule has 3 N–H and O–H groups in total. The molecule has 0 aromatic rings. The fourth-order valence-corrected chi connectivity index (χ4v) is 0.561. The Morgan fingerprint density at radius 3 is 2.30 bits per heavy atom. The van der Waals surface area contributed by atoms with Gasteiger partial charge in [0, 0.05) is 6.42 Å². The molecular weight excluding hydrogens is 128 g/mol. The van der Waals surface area contributed by atoms with E-state index in [9.17, 15) is 4.79 Å². The highest BCUT2D eigenvalue weighted by Gasteiger charge is 2.11. The Labute approximate surface area is 62.0 Å². The molecule has 0 rings (SSSR count). The van der Waals surface area contributed by atoms with Gasteiger partial charge in [-0.15, -0.1) is 0 Å². The van der Waals surface area contributed by atoms with Crippen molar-refractivity contribution in [2.45, 2.75) is 33.6 Å². The highest BCUT2D eigenvalue weighted by Crippen LogP contribution is 2.19. The van der Waals surface area contributed by atoms with E-state index in [0.717, 1.165) is 6.42 Å². The summed E-state index contributed by atoms with van der Waals surface area (Å²) in [7, 11) is 0. The van der Waals surface area contributed by atoms with Crippen molar-refractivity contribution in [3.05, 3.63) is 0 Å². The molecule has 0 saturated carbocycles. The van der Waals surface area contributed by atoms with Gasteiger partial charge in [0.25, 0.3) is 0 Å². The minimum atomic E-state index is -0.0880. The van der Waals surface area contributed by atoms with E-state index < -0.39 is 0 Å². The van der Waals surface area contributed by atoms with Gasteiger partial charge in [-0.1, -0.05) is 20.8 Å². The lowest BCUT2D eigenvalue weighted by atomic mass is 9.90. The Balaban J connectivity index is 3.46. The number of amides is 1. The summed E-state index contributed by atoms with van der Waals surface area (Å²) < 4.78 is 0. The molecule has 3 heteroatoms. The molecule has 0 radical (unpaired) electrons. The fourth-order valence-electron chi connectivity index (χ4n) is 0.561. The van der Waals surface area contributed by atoms with E-state index in [2.05, 4.69) is 26.2 Å². The topological polar surface area (TPSA) is 55.1 Å². The molecule has 10 heavy (non-hydrogen) atoms. The zero-order chi connectivity index (χ0) is 8.20. The first-order chi connectivity index (χ1) is 4.45. The van der Waals surface area contributed by atoms with E-state index >= 15 is 0 Å². The Kier molecular flexibility index (Phi) is 3.36. The van der Waals surface area contributed by atoms with Crippen molar-refractivity contribution < 1.29 is 4.79 Å². The molecule has 0 aromatic carbocycles. The molecule has 0 aliphatic heterocycles. The summed E-state index contributed by atoms with van der Waals surface area (Å²) in [5.74, 6) is 4.81. The maximum atomic E-state index is 10.6. The molecule has 0 aliphatic carbocycles. The number of carbonyl (C=O) groups excluding carboxylic acids is 1. The predicted molar refractivity (Wildman–Crippen MR) is 41.0 cm³/mol. The van der Waals surface area contributed by atoms with Gasteiger partial charge in [-0.25, -0.2) is 5.84 Å². The van der Waals surface area contributed by atoms with Crippen molar-refractivity contribution in [1.82, 2.24) is 5.43 Å². The monoisotopic (exact) mass is 144 g/mol. The maximum absolute atomic E-state index is 10.6. The van der Waals surface area contributed by atoms with E-state index in [1.807, 2.05) is 0 Å². The van der Waals surface area contributed by atoms with Gasteiger partial charge >= 0.3 is 0 Å². The van der Waals surface area contributed by atoms with Gasteiger partial charge in [0.1, 0.15) is 0 Å². The van der Waals surface area contributed by atoms with Crippen LogP contribution in [-0.2, 0) is 4.79 Å². The van der Waals surface area contributed by atoms with Gasteiger partial charge in [-0.3, -0.25) is 10.2 Å². The van der Waals surface area contributed by atoms with Gasteiger partial charge in [0.05, 0.1) is 0 Å². The number of rotatable bonds is 2. The molecule has 0 heterocycles. The maximum Gasteiger partial charge on any atom is 0.233 e. The van der Waals surface area contributed by atoms with Gasteiger partial charge in [0.15, 0.2) is 0 Å². The van der Waals surface area contributed by atoms with Gasteiger partial charge in [-0.2, -0.15) is 0 Å². The molecule has 3 nitrogen and oxygen atoms in total. The summed E-state index contributed by atoms with van der Waals surface area (Å²) >= 11 is 0. The number of nitrogens with one attached hydrogen (secondary N) is 1. The van der Waals surface area contributed by atoms with Crippen LogP contribution in [0, 0.1) is 5.41 Å². The van der Waals surface area contributed by atoms with Crippen LogP contribution in [0.5, 0.6) is 0 Å². The van der Waals surface area contributed by atoms with E-state index in [4.69, 9.17) is 5.84 Å². The van der Waals surface area contributed by atoms with Crippen LogP contribution in [0.4, 0.5) is 0 Å². The highest BCUT2D eigenvalue weighted by atomic mass is 16.2. The third-order valence-electron chi connectivity index (χ3n) is 1.26. The number of carbonyl (C=O) groups is 1. The van der Waals surface area contributed by atoms with Crippen LogP contribution in [0.2, 0.25) is 0 Å². The van der Waals surface area contributed by atoms with Crippen LogP contribution >= 0.6 is 0 Å². The molecule has 0 aromatic heterocycles. The minimum Gasteiger partial charge on any atom is -0.294 e. The highest BCUT2D eigenvalue weighted by molar-refractivity contribution is 5.75. The van der Waals surface area contributed by atoms with Gasteiger partial charge < -0.3 is 0 Å². The van der Waals surface area contributed by atoms with Crippen LogP contribution in [0.3, 0.4) is 0 Å². The van der Waals surface area contributed by atoms with Crippen molar-refractivity contribution in [3.63, 3.8) is 0 Å². The summed E-state index contributed by atoms with van der Waals surface area (Å²) in [6.07, 6.45) is 1.38. The standard InChI is InChI=1S/C7H16N2O/c1-7(2,3)5-4-6(10)9-8/h4-5,8H2,1-3H3,(H,9,10). The number of nitrogens with two attached hydrogens (primary N) is 1. The lowest BCUT2D eigenvalue weighted by Gasteiger charge is -2.16. The zero-order valence-corrected chi connectivity index (χ0v) is 6.90. The van der Waals surface area contributed by atoms with Crippen molar-refractivity contribution in [2.24, 2.45) is 11.3 Å². The molecule has 0 spiro atoms. The summed E-state index contributed by atoms with van der Waals surface area (Å²) in [6.45, 7) is 6.28. The molecule has 0 saturated heterocycles. The molecule has 0 aliphatic rings. The average Bonchev–Trinajstić information content (AvgIpc) is 1.81. The first-order valence-corrected chi connectivity index (χ1v) is 3.45. The molecule has 0 bridgehead atoms. The largest absolute Gasteiger partial charge is 0.294 e. The molecule has 1 amide bonds. The van der Waals surface area contributed by atoms with Gasteiger partial charge in [0.2, 0.25) is 5.91 Å². The quantitative estimate of drug-likeness (QED) is 0.342. The number of hydrogen-bond acceptors (Lipinski definition) is 2. The second kappa shape index (κ2) is 3.56. The summed E-state index contributed by atoms with van der Waals surface area (Å²) in [4.78, 5) is 10.6. The second-order valence-corrected chi connectivity index (χ2v) is 3.63. The summed E-state index contributed by atoms with van der Waals surface area (Å²) in [5, 5.41) is 0. The molecule has 0 unspecified atom stereocenters. The Morgan fingerprint density at radius 2 is 2.00 bits per heavy atom. The first-order valence-electron chi connectivity index (χ1n) is 3.45. The smallest absolute Gasteiger partial charge is 0.233 e. The SMILES string of the molecule is CC(C)(C)CCC(=O)NN. The number of hydrazine groups is 1. The lowest BCUT2D eigenvalue weighted by molar-refractivity contribution is -0.121. The molecule has 60 valence electrons. The number of hydrogen-bond donors (Lipinski definition) is 2. The Hall–Kier alpha value is -0.570. The zero-order valence-electron chi connectivity index (χ0n) is 6.90. The van der Waals surface area contributed by atoms with Crippen molar-refractivity contribution >= 4 is 5.91 Å². The van der Waals surface area contributed by atoms with Crippen LogP contribution in [-0.4, -0.2) is 5.91 Å². The van der Waals surface area contributed by atoms with Crippen LogP contribution in [0.15, 0.2) is 0 Å². The summed E-state index contributed by atoms with van der Waals surface area (Å²) in [6, 6.07) is 0. The van der Waals surface area contributed by atoms with Crippen molar-refractivity contribution in [3.8, 4) is 0 Å². The average molecular weight is 144 g/mol. The third-order valence-corrected chi connectivity index (χ3v) is 1.26. The van der Waals surface area contributed by atoms with Crippen LogP contribution in [0.25, 0.3) is 0 Å².